The predicted octanol–water partition coefficient (Wildman–Crippen LogP) is 3.66. The number of benzene rings is 1. The maximum atomic E-state index is 11.0. The third-order valence-electron chi connectivity index (χ3n) is 3.73. The lowest BCUT2D eigenvalue weighted by Crippen LogP contribution is -2.15. The van der Waals surface area contributed by atoms with Crippen molar-refractivity contribution in [3.8, 4) is 5.75 Å². The molecule has 0 amide bonds. The average Bonchev–Trinajstić information content (AvgIpc) is 2.63. The fourth-order valence-corrected chi connectivity index (χ4v) is 2.32. The SMILES string of the molecule is CCOC(=O)COCCOCCCCCCOc1cccc([C@@H](C)N)c1.Cl. The van der Waals surface area contributed by atoms with E-state index in [1.54, 1.807) is 6.92 Å². The molecule has 7 heteroatoms. The van der Waals surface area contributed by atoms with E-state index in [2.05, 4.69) is 0 Å². The number of unbranched alkanes of at least 4 members (excludes halogenated alkanes) is 3. The maximum absolute atomic E-state index is 11.0. The Balaban J connectivity index is 0.00000676. The van der Waals surface area contributed by atoms with Crippen molar-refractivity contribution < 1.29 is 23.7 Å². The van der Waals surface area contributed by atoms with E-state index >= 15 is 0 Å². The van der Waals surface area contributed by atoms with Gasteiger partial charge in [-0.05, 0) is 50.8 Å². The van der Waals surface area contributed by atoms with E-state index in [0.29, 0.717) is 33.0 Å². The quantitative estimate of drug-likeness (QED) is 0.355. The number of nitrogens with two attached hydrogens (primary N) is 1. The summed E-state index contributed by atoms with van der Waals surface area (Å²) in [7, 11) is 0. The molecule has 0 unspecified atom stereocenters. The van der Waals surface area contributed by atoms with Crippen molar-refractivity contribution in [3.63, 3.8) is 0 Å². The number of esters is 1. The number of halogens is 1. The number of hydrogen-bond donors (Lipinski definition) is 1. The van der Waals surface area contributed by atoms with Gasteiger partial charge in [-0.2, -0.15) is 0 Å². The Morgan fingerprint density at radius 1 is 1.04 bits per heavy atom. The van der Waals surface area contributed by atoms with Gasteiger partial charge in [-0.3, -0.25) is 0 Å². The molecular weight excluding hydrogens is 370 g/mol. The molecule has 0 aliphatic heterocycles. The molecule has 0 radical (unpaired) electrons. The molecule has 0 aliphatic rings. The standard InChI is InChI=1S/C20H33NO5.ClH/c1-3-25-20(22)16-24-14-13-23-11-6-4-5-7-12-26-19-10-8-9-18(15-19)17(2)21;/h8-10,15,17H,3-7,11-14,16,21H2,1-2H3;1H/t17-;/m1./s1. The van der Waals surface area contributed by atoms with Crippen LogP contribution in [0, 0.1) is 0 Å². The first kappa shape index (κ1) is 25.7. The van der Waals surface area contributed by atoms with Crippen molar-refractivity contribution in [2.24, 2.45) is 5.73 Å². The van der Waals surface area contributed by atoms with Gasteiger partial charge in [0.1, 0.15) is 12.4 Å². The largest absolute Gasteiger partial charge is 0.494 e. The van der Waals surface area contributed by atoms with Crippen LogP contribution in [0.4, 0.5) is 0 Å². The molecule has 1 aromatic carbocycles. The van der Waals surface area contributed by atoms with E-state index < -0.39 is 0 Å². The van der Waals surface area contributed by atoms with Crippen molar-refractivity contribution in [3.05, 3.63) is 29.8 Å². The fraction of sp³-hybridized carbons (Fsp3) is 0.650. The minimum absolute atomic E-state index is 0. The highest BCUT2D eigenvalue weighted by Crippen LogP contribution is 2.17. The Morgan fingerprint density at radius 2 is 1.74 bits per heavy atom. The van der Waals surface area contributed by atoms with Gasteiger partial charge in [-0.25, -0.2) is 4.79 Å². The van der Waals surface area contributed by atoms with E-state index in [9.17, 15) is 4.79 Å². The lowest BCUT2D eigenvalue weighted by atomic mass is 10.1. The van der Waals surface area contributed by atoms with E-state index in [1.807, 2.05) is 31.2 Å². The fourth-order valence-electron chi connectivity index (χ4n) is 2.32. The monoisotopic (exact) mass is 403 g/mol. The molecule has 0 saturated heterocycles. The number of carbonyl (C=O) groups is 1. The first-order chi connectivity index (χ1) is 12.6. The van der Waals surface area contributed by atoms with Crippen molar-refractivity contribution in [2.75, 3.05) is 39.6 Å². The summed E-state index contributed by atoms with van der Waals surface area (Å²) in [5.41, 5.74) is 6.96. The second kappa shape index (κ2) is 16.8. The summed E-state index contributed by atoms with van der Waals surface area (Å²) in [4.78, 5) is 11.0. The zero-order valence-electron chi connectivity index (χ0n) is 16.5. The minimum Gasteiger partial charge on any atom is -0.494 e. The summed E-state index contributed by atoms with van der Waals surface area (Å²) in [6.45, 7) is 6.43. The molecule has 156 valence electrons. The van der Waals surface area contributed by atoms with Crippen LogP contribution < -0.4 is 10.5 Å². The van der Waals surface area contributed by atoms with Crippen LogP contribution in [0.15, 0.2) is 24.3 Å². The van der Waals surface area contributed by atoms with Gasteiger partial charge in [-0.1, -0.05) is 18.6 Å². The Labute approximate surface area is 169 Å². The van der Waals surface area contributed by atoms with Gasteiger partial charge in [0, 0.05) is 12.6 Å². The van der Waals surface area contributed by atoms with Gasteiger partial charge in [0.25, 0.3) is 0 Å². The average molecular weight is 404 g/mol. The van der Waals surface area contributed by atoms with Gasteiger partial charge in [-0.15, -0.1) is 12.4 Å². The van der Waals surface area contributed by atoms with Crippen molar-refractivity contribution >= 4 is 18.4 Å². The van der Waals surface area contributed by atoms with Gasteiger partial charge >= 0.3 is 5.97 Å². The van der Waals surface area contributed by atoms with E-state index in [4.69, 9.17) is 24.7 Å². The maximum Gasteiger partial charge on any atom is 0.332 e. The van der Waals surface area contributed by atoms with E-state index in [0.717, 1.165) is 37.0 Å². The summed E-state index contributed by atoms with van der Waals surface area (Å²) >= 11 is 0. The zero-order chi connectivity index (χ0) is 19.0. The van der Waals surface area contributed by atoms with Crippen LogP contribution in [-0.2, 0) is 19.0 Å². The number of rotatable bonds is 15. The summed E-state index contributed by atoms with van der Waals surface area (Å²) in [6, 6.07) is 7.97. The van der Waals surface area contributed by atoms with Crippen LogP contribution in [0.1, 0.15) is 51.1 Å². The highest BCUT2D eigenvalue weighted by Gasteiger charge is 2.02. The second-order valence-electron chi connectivity index (χ2n) is 6.09. The van der Waals surface area contributed by atoms with Gasteiger partial charge < -0.3 is 24.7 Å². The minimum atomic E-state index is -0.334. The summed E-state index contributed by atoms with van der Waals surface area (Å²) in [5, 5.41) is 0. The molecule has 6 nitrogen and oxygen atoms in total. The third-order valence-corrected chi connectivity index (χ3v) is 3.73. The first-order valence-electron chi connectivity index (χ1n) is 9.43. The van der Waals surface area contributed by atoms with Crippen LogP contribution in [0.2, 0.25) is 0 Å². The molecular formula is C20H34ClNO5. The lowest BCUT2D eigenvalue weighted by molar-refractivity contribution is -0.148. The first-order valence-corrected chi connectivity index (χ1v) is 9.43. The number of ether oxygens (including phenoxy) is 4. The molecule has 0 aromatic heterocycles. The van der Waals surface area contributed by atoms with Crippen LogP contribution in [0.5, 0.6) is 5.75 Å². The molecule has 0 spiro atoms. The highest BCUT2D eigenvalue weighted by atomic mass is 35.5. The van der Waals surface area contributed by atoms with Crippen molar-refractivity contribution in [1.29, 1.82) is 0 Å². The topological polar surface area (TPSA) is 80.0 Å². The highest BCUT2D eigenvalue weighted by molar-refractivity contribution is 5.85. The Kier molecular flexibility index (Phi) is 16.0. The summed E-state index contributed by atoms with van der Waals surface area (Å²) < 4.78 is 21.1. The molecule has 0 saturated carbocycles. The summed E-state index contributed by atoms with van der Waals surface area (Å²) in [6.07, 6.45) is 4.24. The van der Waals surface area contributed by atoms with Gasteiger partial charge in [0.05, 0.1) is 26.4 Å². The molecule has 2 N–H and O–H groups in total. The molecule has 1 atom stereocenters. The van der Waals surface area contributed by atoms with Crippen LogP contribution in [-0.4, -0.2) is 45.6 Å². The van der Waals surface area contributed by atoms with Crippen molar-refractivity contribution in [1.82, 2.24) is 0 Å². The Bertz CT molecular complexity index is 499. The van der Waals surface area contributed by atoms with Crippen LogP contribution in [0.25, 0.3) is 0 Å². The molecule has 0 heterocycles. The van der Waals surface area contributed by atoms with Crippen LogP contribution in [0.3, 0.4) is 0 Å². The third kappa shape index (κ3) is 13.5. The van der Waals surface area contributed by atoms with E-state index in [1.165, 1.54) is 0 Å². The van der Waals surface area contributed by atoms with Gasteiger partial charge in [0.15, 0.2) is 0 Å². The number of hydrogen-bond acceptors (Lipinski definition) is 6. The van der Waals surface area contributed by atoms with E-state index in [-0.39, 0.29) is 31.0 Å². The zero-order valence-corrected chi connectivity index (χ0v) is 17.3. The molecule has 27 heavy (non-hydrogen) atoms. The van der Waals surface area contributed by atoms with Crippen LogP contribution >= 0.6 is 12.4 Å². The Morgan fingerprint density at radius 3 is 2.44 bits per heavy atom. The second-order valence-corrected chi connectivity index (χ2v) is 6.09. The molecule has 1 aromatic rings. The van der Waals surface area contributed by atoms with Gasteiger partial charge in [0.2, 0.25) is 0 Å². The Hall–Kier alpha value is -1.34. The normalized spacial score (nSPS) is 11.5. The molecule has 1 rings (SSSR count). The number of carbonyl (C=O) groups excluding carboxylic acids is 1. The molecule has 0 bridgehead atoms. The smallest absolute Gasteiger partial charge is 0.332 e. The molecule has 0 fully saturated rings. The molecule has 0 aliphatic carbocycles. The summed E-state index contributed by atoms with van der Waals surface area (Å²) in [5.74, 6) is 0.546. The van der Waals surface area contributed by atoms with Crippen molar-refractivity contribution in [2.45, 2.75) is 45.6 Å². The predicted molar refractivity (Wildman–Crippen MR) is 109 cm³/mol. The lowest BCUT2D eigenvalue weighted by Gasteiger charge is -2.10.